The molecule has 0 bridgehead atoms. The number of rotatable bonds is 2. The number of nitrogens with zero attached hydrogens (tertiary/aromatic N) is 1. The van der Waals surface area contributed by atoms with Gasteiger partial charge in [0.15, 0.2) is 6.29 Å². The van der Waals surface area contributed by atoms with Gasteiger partial charge < -0.3 is 9.80 Å². The van der Waals surface area contributed by atoms with Crippen LogP contribution in [0.4, 0.5) is 5.69 Å². The second-order valence-electron chi connectivity index (χ2n) is 4.12. The van der Waals surface area contributed by atoms with Crippen LogP contribution in [0.2, 0.25) is 0 Å². The maximum atomic E-state index is 10.9. The molecule has 1 aromatic carbocycles. The van der Waals surface area contributed by atoms with Gasteiger partial charge in [0.05, 0.1) is 33.2 Å². The molecule has 0 radical (unpaired) electrons. The van der Waals surface area contributed by atoms with Gasteiger partial charge in [-0.1, -0.05) is 12.1 Å². The molecule has 3 nitrogen and oxygen atoms in total. The molecule has 0 aliphatic carbocycles. The number of hydrogen-bond donors (Lipinski definition) is 1. The van der Waals surface area contributed by atoms with E-state index < -0.39 is 0 Å². The fourth-order valence-electron chi connectivity index (χ4n) is 2.00. The summed E-state index contributed by atoms with van der Waals surface area (Å²) >= 11 is 0. The summed E-state index contributed by atoms with van der Waals surface area (Å²) in [6.45, 7) is 4.37. The first kappa shape index (κ1) is 10.2. The predicted molar refractivity (Wildman–Crippen MR) is 60.7 cm³/mol. The van der Waals surface area contributed by atoms with Crippen LogP contribution >= 0.6 is 0 Å². The smallest absolute Gasteiger partial charge is 0.152 e. The van der Waals surface area contributed by atoms with E-state index in [9.17, 15) is 4.79 Å². The zero-order chi connectivity index (χ0) is 10.7. The SMILES string of the molecule is C[NH+]1CCN(c2ccccc2C=O)CC1. The first-order valence-electron chi connectivity index (χ1n) is 5.41. The third kappa shape index (κ3) is 2.18. The Bertz CT molecular complexity index is 343. The summed E-state index contributed by atoms with van der Waals surface area (Å²) in [7, 11) is 2.21. The molecule has 80 valence electrons. The molecule has 1 aromatic rings. The summed E-state index contributed by atoms with van der Waals surface area (Å²) in [5, 5.41) is 0. The Kier molecular flexibility index (Phi) is 3.02. The van der Waals surface area contributed by atoms with Gasteiger partial charge in [-0.05, 0) is 12.1 Å². The first-order chi connectivity index (χ1) is 7.31. The summed E-state index contributed by atoms with van der Waals surface area (Å²) < 4.78 is 0. The van der Waals surface area contributed by atoms with Crippen molar-refractivity contribution in [2.24, 2.45) is 0 Å². The van der Waals surface area contributed by atoms with Gasteiger partial charge >= 0.3 is 0 Å². The molecule has 1 saturated heterocycles. The summed E-state index contributed by atoms with van der Waals surface area (Å²) in [6, 6.07) is 7.82. The Hall–Kier alpha value is -1.35. The van der Waals surface area contributed by atoms with E-state index in [1.807, 2.05) is 24.3 Å². The lowest BCUT2D eigenvalue weighted by atomic mass is 10.1. The Morgan fingerprint density at radius 2 is 1.93 bits per heavy atom. The number of carbonyl (C=O) groups excluding carboxylic acids is 1. The van der Waals surface area contributed by atoms with Crippen molar-refractivity contribution in [1.82, 2.24) is 0 Å². The van der Waals surface area contributed by atoms with E-state index in [0.717, 1.165) is 43.7 Å². The minimum Gasteiger partial charge on any atom is -0.360 e. The molecule has 1 aliphatic heterocycles. The molecule has 2 rings (SSSR count). The quantitative estimate of drug-likeness (QED) is 0.678. The van der Waals surface area contributed by atoms with Crippen molar-refractivity contribution in [2.45, 2.75) is 0 Å². The number of nitrogens with one attached hydrogen (secondary N) is 1. The molecule has 15 heavy (non-hydrogen) atoms. The van der Waals surface area contributed by atoms with E-state index in [0.29, 0.717) is 0 Å². The third-order valence-electron chi connectivity index (χ3n) is 3.02. The number of para-hydroxylation sites is 1. The molecule has 0 aromatic heterocycles. The average molecular weight is 205 g/mol. The normalized spacial score (nSPS) is 17.8. The van der Waals surface area contributed by atoms with Crippen LogP contribution in [0, 0.1) is 0 Å². The first-order valence-corrected chi connectivity index (χ1v) is 5.41. The zero-order valence-corrected chi connectivity index (χ0v) is 9.07. The lowest BCUT2D eigenvalue weighted by Crippen LogP contribution is -3.12. The Labute approximate surface area is 90.3 Å². The third-order valence-corrected chi connectivity index (χ3v) is 3.02. The molecule has 3 heteroatoms. The van der Waals surface area contributed by atoms with E-state index in [2.05, 4.69) is 11.9 Å². The molecular formula is C12H17N2O+. The number of piperazine rings is 1. The molecule has 0 unspecified atom stereocenters. The molecule has 0 amide bonds. The van der Waals surface area contributed by atoms with Crippen LogP contribution < -0.4 is 9.80 Å². The van der Waals surface area contributed by atoms with Crippen LogP contribution in [0.25, 0.3) is 0 Å². The summed E-state index contributed by atoms with van der Waals surface area (Å²) in [6.07, 6.45) is 0.945. The van der Waals surface area contributed by atoms with Crippen LogP contribution in [0.3, 0.4) is 0 Å². The van der Waals surface area contributed by atoms with Crippen molar-refractivity contribution >= 4 is 12.0 Å². The number of aldehydes is 1. The maximum absolute atomic E-state index is 10.9. The van der Waals surface area contributed by atoms with Gasteiger partial charge in [0.25, 0.3) is 0 Å². The van der Waals surface area contributed by atoms with Crippen LogP contribution in [0.1, 0.15) is 10.4 Å². The molecule has 1 aliphatic rings. The van der Waals surface area contributed by atoms with Crippen LogP contribution in [-0.2, 0) is 0 Å². The largest absolute Gasteiger partial charge is 0.360 e. The van der Waals surface area contributed by atoms with Crippen molar-refractivity contribution < 1.29 is 9.69 Å². The lowest BCUT2D eigenvalue weighted by Gasteiger charge is -2.32. The fraction of sp³-hybridized carbons (Fsp3) is 0.417. The molecule has 0 spiro atoms. The highest BCUT2D eigenvalue weighted by Gasteiger charge is 2.18. The van der Waals surface area contributed by atoms with Crippen molar-refractivity contribution in [3.05, 3.63) is 29.8 Å². The van der Waals surface area contributed by atoms with E-state index in [4.69, 9.17) is 0 Å². The fourth-order valence-corrected chi connectivity index (χ4v) is 2.00. The number of hydrogen-bond acceptors (Lipinski definition) is 2. The van der Waals surface area contributed by atoms with Crippen molar-refractivity contribution in [1.29, 1.82) is 0 Å². The van der Waals surface area contributed by atoms with Gasteiger partial charge in [-0.15, -0.1) is 0 Å². The number of carbonyl (C=O) groups is 1. The molecular weight excluding hydrogens is 188 g/mol. The van der Waals surface area contributed by atoms with E-state index in [1.165, 1.54) is 0 Å². The predicted octanol–water partition coefficient (Wildman–Crippen LogP) is -0.166. The number of anilines is 1. The van der Waals surface area contributed by atoms with Crippen molar-refractivity contribution in [2.75, 3.05) is 38.1 Å². The van der Waals surface area contributed by atoms with Gasteiger partial charge in [0, 0.05) is 11.3 Å². The van der Waals surface area contributed by atoms with E-state index >= 15 is 0 Å². The van der Waals surface area contributed by atoms with Gasteiger partial charge in [0.2, 0.25) is 0 Å². The van der Waals surface area contributed by atoms with E-state index in [-0.39, 0.29) is 0 Å². The van der Waals surface area contributed by atoms with E-state index in [1.54, 1.807) is 4.90 Å². The van der Waals surface area contributed by atoms with Crippen LogP contribution in [-0.4, -0.2) is 39.5 Å². The number of benzene rings is 1. The highest BCUT2D eigenvalue weighted by molar-refractivity contribution is 5.84. The summed E-state index contributed by atoms with van der Waals surface area (Å²) in [5.74, 6) is 0. The zero-order valence-electron chi connectivity index (χ0n) is 9.07. The maximum Gasteiger partial charge on any atom is 0.152 e. The lowest BCUT2D eigenvalue weighted by molar-refractivity contribution is -0.880. The Morgan fingerprint density at radius 1 is 1.27 bits per heavy atom. The van der Waals surface area contributed by atoms with Gasteiger partial charge in [-0.25, -0.2) is 0 Å². The average Bonchev–Trinajstić information content (AvgIpc) is 2.30. The van der Waals surface area contributed by atoms with Crippen molar-refractivity contribution in [3.8, 4) is 0 Å². The van der Waals surface area contributed by atoms with Gasteiger partial charge in [-0.3, -0.25) is 4.79 Å². The Balaban J connectivity index is 2.18. The van der Waals surface area contributed by atoms with Crippen LogP contribution in [0.5, 0.6) is 0 Å². The number of likely N-dealkylation sites (N-methyl/N-ethyl adjacent to an activating group) is 1. The summed E-state index contributed by atoms with van der Waals surface area (Å²) in [5.41, 5.74) is 1.89. The minimum atomic E-state index is 0.803. The standard InChI is InChI=1S/C12H16N2O/c1-13-6-8-14(9-7-13)12-5-3-2-4-11(12)10-15/h2-5,10H,6-9H2,1H3/p+1. The molecule has 0 atom stereocenters. The molecule has 1 fully saturated rings. The van der Waals surface area contributed by atoms with Gasteiger partial charge in [-0.2, -0.15) is 0 Å². The minimum absolute atomic E-state index is 0.803. The summed E-state index contributed by atoms with van der Waals surface area (Å²) in [4.78, 5) is 14.8. The highest BCUT2D eigenvalue weighted by Crippen LogP contribution is 2.18. The van der Waals surface area contributed by atoms with Gasteiger partial charge in [0.1, 0.15) is 0 Å². The second-order valence-corrected chi connectivity index (χ2v) is 4.12. The highest BCUT2D eigenvalue weighted by atomic mass is 16.1. The number of quaternary nitrogens is 1. The Morgan fingerprint density at radius 3 is 2.60 bits per heavy atom. The molecule has 0 saturated carbocycles. The molecule has 1 heterocycles. The monoisotopic (exact) mass is 205 g/mol. The molecule has 1 N–H and O–H groups in total. The topological polar surface area (TPSA) is 24.8 Å². The second kappa shape index (κ2) is 4.45. The van der Waals surface area contributed by atoms with Crippen molar-refractivity contribution in [3.63, 3.8) is 0 Å². The van der Waals surface area contributed by atoms with Crippen LogP contribution in [0.15, 0.2) is 24.3 Å².